The number of rotatable bonds is 1. The minimum atomic E-state index is -3.16. The first-order valence-corrected chi connectivity index (χ1v) is 6.66. The molecule has 0 aliphatic heterocycles. The Balaban J connectivity index is 3.48. The molecule has 0 saturated heterocycles. The van der Waals surface area contributed by atoms with Gasteiger partial charge >= 0.3 is 39.5 Å². The van der Waals surface area contributed by atoms with Crippen LogP contribution in [0.4, 0.5) is 0 Å². The summed E-state index contributed by atoms with van der Waals surface area (Å²) < 4.78 is 18.6. The van der Waals surface area contributed by atoms with E-state index in [1.807, 2.05) is 0 Å². The van der Waals surface area contributed by atoms with Crippen molar-refractivity contribution in [2.24, 2.45) is 0 Å². The molecule has 0 amide bonds. The van der Waals surface area contributed by atoms with E-state index >= 15 is 0 Å². The zero-order chi connectivity index (χ0) is 5.21. The molecule has 0 saturated carbocycles. The summed E-state index contributed by atoms with van der Waals surface area (Å²) in [5.41, 5.74) is 1.41. The van der Waals surface area contributed by atoms with Gasteiger partial charge in [0.2, 0.25) is 0 Å². The molecule has 0 bridgehead atoms. The molecule has 0 fully saturated rings. The summed E-state index contributed by atoms with van der Waals surface area (Å²) in [5.74, 6) is 0. The molecular weight excluding hydrogens is 143 g/mol. The van der Waals surface area contributed by atoms with E-state index in [-0.39, 0.29) is 0 Å². The first-order valence-electron chi connectivity index (χ1n) is 1.85. The van der Waals surface area contributed by atoms with Gasteiger partial charge in [-0.15, -0.1) is 0 Å². The van der Waals surface area contributed by atoms with E-state index in [0.29, 0.717) is 5.21 Å². The van der Waals surface area contributed by atoms with Crippen LogP contribution in [0.25, 0.3) is 0 Å². The molecule has 1 unspecified atom stereocenters. The number of hydrogen-bond acceptors (Lipinski definition) is 1. The van der Waals surface area contributed by atoms with Crippen molar-refractivity contribution in [2.75, 3.05) is 0 Å². The van der Waals surface area contributed by atoms with Crippen molar-refractivity contribution in [3.63, 3.8) is 0 Å². The molecule has 1 N–H and O–H groups in total. The topological polar surface area (TPSA) is 37.3 Å². The maximum atomic E-state index is 10.2. The Morgan fingerprint density at radius 1 is 1.83 bits per heavy atom. The molecule has 0 heterocycles. The molecule has 2 nitrogen and oxygen atoms in total. The Morgan fingerprint density at radius 3 is 2.00 bits per heavy atom. The van der Waals surface area contributed by atoms with Crippen molar-refractivity contribution in [2.45, 2.75) is 17.8 Å². The molecule has 0 aromatic carbocycles. The van der Waals surface area contributed by atoms with E-state index in [2.05, 4.69) is 0 Å². The molecule has 6 heavy (non-hydrogen) atoms. The summed E-state index contributed by atoms with van der Waals surface area (Å²) >= 11 is -3.16. The van der Waals surface area contributed by atoms with Crippen LogP contribution in [0.15, 0.2) is 0 Å². The Hall–Kier alpha value is 0.318. The second kappa shape index (κ2) is 1.85. The van der Waals surface area contributed by atoms with Crippen molar-refractivity contribution in [3.05, 3.63) is 0 Å². The molecule has 0 spiro atoms. The van der Waals surface area contributed by atoms with Gasteiger partial charge in [-0.3, -0.25) is 0 Å². The molecule has 1 atom stereocenters. The van der Waals surface area contributed by atoms with E-state index in [1.165, 1.54) is 5.71 Å². The fourth-order valence-corrected chi connectivity index (χ4v) is 0. The molecule has 38 valence electrons. The maximum absolute atomic E-state index is 10.2. The molecular formula is C3H9AsO2. The average Bonchev–Trinajstić information content (AvgIpc) is 1.35. The standard InChI is InChI=1S/C3H9AsO2/c1-3-4(2,5)6/h3H2,1-2H3,(H,5,6). The first kappa shape index (κ1) is 6.32. The fraction of sp³-hybridized carbons (Fsp3) is 1.00. The van der Waals surface area contributed by atoms with Crippen molar-refractivity contribution >= 4 is 13.8 Å². The third-order valence-electron chi connectivity index (χ3n) is 0.587. The quantitative estimate of drug-likeness (QED) is 0.555. The molecule has 0 aliphatic carbocycles. The van der Waals surface area contributed by atoms with Gasteiger partial charge in [0.1, 0.15) is 0 Å². The molecule has 3 heteroatoms. The van der Waals surface area contributed by atoms with Gasteiger partial charge in [-0.2, -0.15) is 0 Å². The zero-order valence-corrected chi connectivity index (χ0v) is 5.89. The van der Waals surface area contributed by atoms with Crippen LogP contribution in [0.1, 0.15) is 6.92 Å². The van der Waals surface area contributed by atoms with Crippen LogP contribution in [0.5, 0.6) is 0 Å². The predicted octanol–water partition coefficient (Wildman–Crippen LogP) is 0.501. The summed E-state index contributed by atoms with van der Waals surface area (Å²) in [7, 11) is 0. The van der Waals surface area contributed by atoms with E-state index in [1.54, 1.807) is 6.92 Å². The first-order chi connectivity index (χ1) is 2.56. The monoisotopic (exact) mass is 152 g/mol. The van der Waals surface area contributed by atoms with Gasteiger partial charge in [-0.05, 0) is 0 Å². The van der Waals surface area contributed by atoms with Crippen LogP contribution in [-0.2, 0) is 3.74 Å². The molecule has 0 aromatic heterocycles. The third kappa shape index (κ3) is 4.32. The van der Waals surface area contributed by atoms with Gasteiger partial charge in [0.05, 0.1) is 0 Å². The van der Waals surface area contributed by atoms with E-state index in [0.717, 1.165) is 0 Å². The molecule has 0 rings (SSSR count). The van der Waals surface area contributed by atoms with E-state index in [9.17, 15) is 3.74 Å². The Bertz CT molecular complexity index is 72.9. The van der Waals surface area contributed by atoms with Crippen LogP contribution in [0, 0.1) is 0 Å². The van der Waals surface area contributed by atoms with Gasteiger partial charge < -0.3 is 0 Å². The van der Waals surface area contributed by atoms with Crippen molar-refractivity contribution < 1.29 is 7.84 Å². The van der Waals surface area contributed by atoms with Gasteiger partial charge in [-0.25, -0.2) is 0 Å². The normalized spacial score (nSPS) is 19.8. The summed E-state index contributed by atoms with van der Waals surface area (Å²) in [5, 5.41) is 0.443. The summed E-state index contributed by atoms with van der Waals surface area (Å²) in [4.78, 5) is 0. The average molecular weight is 152 g/mol. The van der Waals surface area contributed by atoms with Crippen LogP contribution < -0.4 is 0 Å². The summed E-state index contributed by atoms with van der Waals surface area (Å²) in [6.07, 6.45) is 0. The number of hydrogen-bond donors (Lipinski definition) is 1. The van der Waals surface area contributed by atoms with Gasteiger partial charge in [0.25, 0.3) is 0 Å². The van der Waals surface area contributed by atoms with Crippen molar-refractivity contribution in [3.8, 4) is 0 Å². The van der Waals surface area contributed by atoms with Gasteiger partial charge in [0, 0.05) is 0 Å². The molecule has 0 aliphatic rings. The van der Waals surface area contributed by atoms with Crippen molar-refractivity contribution in [1.82, 2.24) is 0 Å². The summed E-state index contributed by atoms with van der Waals surface area (Å²) in [6.45, 7) is 1.72. The van der Waals surface area contributed by atoms with Crippen LogP contribution in [0.2, 0.25) is 10.9 Å². The van der Waals surface area contributed by atoms with Crippen LogP contribution in [-0.4, -0.2) is 17.9 Å². The zero-order valence-electron chi connectivity index (χ0n) is 4.01. The Morgan fingerprint density at radius 2 is 2.00 bits per heavy atom. The fourth-order valence-electron chi connectivity index (χ4n) is 0. The van der Waals surface area contributed by atoms with Crippen LogP contribution >= 0.6 is 0 Å². The van der Waals surface area contributed by atoms with E-state index < -0.39 is 13.8 Å². The summed E-state index contributed by atoms with van der Waals surface area (Å²) in [6, 6.07) is 0. The van der Waals surface area contributed by atoms with E-state index in [4.69, 9.17) is 4.10 Å². The second-order valence-electron chi connectivity index (χ2n) is 1.37. The minimum absolute atomic E-state index is 0.443. The van der Waals surface area contributed by atoms with Gasteiger partial charge in [0.15, 0.2) is 0 Å². The second-order valence-corrected chi connectivity index (χ2v) is 7.10. The van der Waals surface area contributed by atoms with Crippen LogP contribution in [0.3, 0.4) is 0 Å². The SMILES string of the molecule is CC[As](C)(=O)O. The third-order valence-corrected chi connectivity index (χ3v) is 3.05. The molecule has 0 radical (unpaired) electrons. The van der Waals surface area contributed by atoms with Gasteiger partial charge in [-0.1, -0.05) is 0 Å². The Kier molecular flexibility index (Phi) is 1.95. The van der Waals surface area contributed by atoms with Crippen molar-refractivity contribution in [1.29, 1.82) is 0 Å². The Labute approximate surface area is 40.2 Å². The molecule has 0 aromatic rings. The predicted molar refractivity (Wildman–Crippen MR) is 25.0 cm³/mol.